The average Bonchev–Trinajstić information content (AvgIpc) is 3.27. The summed E-state index contributed by atoms with van der Waals surface area (Å²) in [5, 5.41) is 2.74. The van der Waals surface area contributed by atoms with Crippen molar-refractivity contribution >= 4 is 28.6 Å². The SMILES string of the molecule is Cc1ccc(-c2nc3ccc(C(=O)OC(C)C(=O)Nc4ccc5c(c4)OCCO5)cc3[nH]2)cc1. The number of esters is 1. The molecule has 1 unspecified atom stereocenters. The van der Waals surface area contributed by atoms with E-state index in [1.807, 2.05) is 31.2 Å². The zero-order valence-corrected chi connectivity index (χ0v) is 18.8. The van der Waals surface area contributed by atoms with Gasteiger partial charge in [0, 0.05) is 17.3 Å². The number of hydrogen-bond acceptors (Lipinski definition) is 6. The Labute approximate surface area is 195 Å². The van der Waals surface area contributed by atoms with E-state index in [-0.39, 0.29) is 0 Å². The lowest BCUT2D eigenvalue weighted by Gasteiger charge is -2.19. The third kappa shape index (κ3) is 4.43. The Morgan fingerprint density at radius 3 is 2.56 bits per heavy atom. The summed E-state index contributed by atoms with van der Waals surface area (Å²) in [6.07, 6.45) is -0.999. The van der Waals surface area contributed by atoms with Crippen LogP contribution < -0.4 is 14.8 Å². The Morgan fingerprint density at radius 1 is 1.00 bits per heavy atom. The van der Waals surface area contributed by atoms with Crippen molar-refractivity contribution in [2.75, 3.05) is 18.5 Å². The Morgan fingerprint density at radius 2 is 1.76 bits per heavy atom. The van der Waals surface area contributed by atoms with Crippen LogP contribution in [0.4, 0.5) is 5.69 Å². The largest absolute Gasteiger partial charge is 0.486 e. The lowest BCUT2D eigenvalue weighted by Crippen LogP contribution is -2.30. The molecular weight excluding hydrogens is 434 g/mol. The second kappa shape index (κ2) is 8.90. The standard InChI is InChI=1S/C26H23N3O5/c1-15-3-5-17(6-4-15)24-28-20-9-7-18(13-21(20)29-24)26(31)34-16(2)25(30)27-19-8-10-22-23(14-19)33-12-11-32-22/h3-10,13-14,16H,11-12H2,1-2H3,(H,27,30)(H,28,29). The van der Waals surface area contributed by atoms with Crippen molar-refractivity contribution < 1.29 is 23.8 Å². The van der Waals surface area contributed by atoms with Crippen LogP contribution in [-0.2, 0) is 9.53 Å². The van der Waals surface area contributed by atoms with Gasteiger partial charge in [0.2, 0.25) is 0 Å². The quantitative estimate of drug-likeness (QED) is 0.428. The fourth-order valence-corrected chi connectivity index (χ4v) is 3.63. The van der Waals surface area contributed by atoms with Gasteiger partial charge < -0.3 is 24.5 Å². The summed E-state index contributed by atoms with van der Waals surface area (Å²) in [5.74, 6) is 0.857. The molecule has 4 aromatic rings. The van der Waals surface area contributed by atoms with E-state index >= 15 is 0 Å². The minimum Gasteiger partial charge on any atom is -0.486 e. The minimum atomic E-state index is -0.999. The number of nitrogens with zero attached hydrogens (tertiary/aromatic N) is 1. The second-order valence-corrected chi connectivity index (χ2v) is 8.08. The lowest BCUT2D eigenvalue weighted by molar-refractivity contribution is -0.123. The number of aromatic nitrogens is 2. The molecule has 8 heteroatoms. The third-order valence-electron chi connectivity index (χ3n) is 5.51. The molecule has 1 aromatic heterocycles. The van der Waals surface area contributed by atoms with Gasteiger partial charge >= 0.3 is 5.97 Å². The van der Waals surface area contributed by atoms with Crippen LogP contribution in [0.5, 0.6) is 11.5 Å². The highest BCUT2D eigenvalue weighted by molar-refractivity contribution is 5.99. The van der Waals surface area contributed by atoms with Gasteiger partial charge in [0.05, 0.1) is 16.6 Å². The minimum absolute atomic E-state index is 0.325. The van der Waals surface area contributed by atoms with E-state index in [0.29, 0.717) is 47.3 Å². The van der Waals surface area contributed by atoms with E-state index in [0.717, 1.165) is 16.6 Å². The molecule has 1 amide bonds. The molecule has 34 heavy (non-hydrogen) atoms. The summed E-state index contributed by atoms with van der Waals surface area (Å²) < 4.78 is 16.4. The van der Waals surface area contributed by atoms with Gasteiger partial charge in [-0.25, -0.2) is 9.78 Å². The molecular formula is C26H23N3O5. The normalized spacial score (nSPS) is 13.4. The smallest absolute Gasteiger partial charge is 0.338 e. The molecule has 1 atom stereocenters. The Balaban J connectivity index is 1.26. The maximum atomic E-state index is 12.7. The Kier molecular flexibility index (Phi) is 5.63. The number of ether oxygens (including phenoxy) is 3. The van der Waals surface area contributed by atoms with E-state index in [9.17, 15) is 9.59 Å². The third-order valence-corrected chi connectivity index (χ3v) is 5.51. The molecule has 1 aliphatic rings. The van der Waals surface area contributed by atoms with Gasteiger partial charge in [0.15, 0.2) is 17.6 Å². The van der Waals surface area contributed by atoms with Gasteiger partial charge in [-0.15, -0.1) is 0 Å². The molecule has 0 spiro atoms. The first-order valence-corrected chi connectivity index (χ1v) is 10.9. The second-order valence-electron chi connectivity index (χ2n) is 8.08. The van der Waals surface area contributed by atoms with E-state index in [4.69, 9.17) is 14.2 Å². The highest BCUT2D eigenvalue weighted by atomic mass is 16.6. The van der Waals surface area contributed by atoms with Gasteiger partial charge in [-0.05, 0) is 44.2 Å². The fourth-order valence-electron chi connectivity index (χ4n) is 3.63. The van der Waals surface area contributed by atoms with E-state index in [1.165, 1.54) is 6.92 Å². The van der Waals surface area contributed by atoms with Crippen molar-refractivity contribution in [3.8, 4) is 22.9 Å². The number of hydrogen-bond donors (Lipinski definition) is 2. The van der Waals surface area contributed by atoms with Crippen molar-refractivity contribution in [1.82, 2.24) is 9.97 Å². The maximum absolute atomic E-state index is 12.7. The Hall–Kier alpha value is -4.33. The number of carbonyl (C=O) groups is 2. The lowest BCUT2D eigenvalue weighted by atomic mass is 10.1. The highest BCUT2D eigenvalue weighted by Gasteiger charge is 2.21. The van der Waals surface area contributed by atoms with Crippen molar-refractivity contribution in [3.63, 3.8) is 0 Å². The number of carbonyl (C=O) groups excluding carboxylic acids is 2. The highest BCUT2D eigenvalue weighted by Crippen LogP contribution is 2.32. The molecule has 2 heterocycles. The van der Waals surface area contributed by atoms with Crippen molar-refractivity contribution in [1.29, 1.82) is 0 Å². The van der Waals surface area contributed by atoms with E-state index < -0.39 is 18.0 Å². The first-order valence-electron chi connectivity index (χ1n) is 10.9. The van der Waals surface area contributed by atoms with Crippen LogP contribution in [0.15, 0.2) is 60.7 Å². The predicted octanol–water partition coefficient (Wildman–Crippen LogP) is 4.49. The summed E-state index contributed by atoms with van der Waals surface area (Å²) >= 11 is 0. The van der Waals surface area contributed by atoms with Crippen LogP contribution in [0, 0.1) is 6.92 Å². The number of benzene rings is 3. The van der Waals surface area contributed by atoms with Gasteiger partial charge in [-0.1, -0.05) is 29.8 Å². The van der Waals surface area contributed by atoms with E-state index in [2.05, 4.69) is 15.3 Å². The van der Waals surface area contributed by atoms with Gasteiger partial charge in [-0.3, -0.25) is 4.79 Å². The molecule has 0 saturated heterocycles. The average molecular weight is 457 g/mol. The first kappa shape index (κ1) is 21.5. The first-order chi connectivity index (χ1) is 16.5. The number of aryl methyl sites for hydroxylation is 1. The molecule has 0 radical (unpaired) electrons. The molecule has 0 bridgehead atoms. The summed E-state index contributed by atoms with van der Waals surface area (Å²) in [7, 11) is 0. The molecule has 3 aromatic carbocycles. The molecule has 1 aliphatic heterocycles. The molecule has 0 aliphatic carbocycles. The predicted molar refractivity (Wildman–Crippen MR) is 127 cm³/mol. The van der Waals surface area contributed by atoms with Crippen LogP contribution in [-0.4, -0.2) is 41.2 Å². The summed E-state index contributed by atoms with van der Waals surface area (Å²) in [5.41, 5.74) is 4.41. The van der Waals surface area contributed by atoms with E-state index in [1.54, 1.807) is 36.4 Å². The number of anilines is 1. The molecule has 5 rings (SSSR count). The number of rotatable bonds is 5. The van der Waals surface area contributed by atoms with Crippen molar-refractivity contribution in [2.45, 2.75) is 20.0 Å². The van der Waals surface area contributed by atoms with Crippen LogP contribution in [0.1, 0.15) is 22.8 Å². The number of aromatic amines is 1. The zero-order valence-electron chi connectivity index (χ0n) is 18.8. The molecule has 2 N–H and O–H groups in total. The summed E-state index contributed by atoms with van der Waals surface area (Å²) in [6.45, 7) is 4.49. The van der Waals surface area contributed by atoms with Crippen LogP contribution in [0.3, 0.4) is 0 Å². The topological polar surface area (TPSA) is 103 Å². The molecule has 0 fully saturated rings. The molecule has 0 saturated carbocycles. The zero-order chi connectivity index (χ0) is 23.7. The van der Waals surface area contributed by atoms with Crippen LogP contribution >= 0.6 is 0 Å². The summed E-state index contributed by atoms with van der Waals surface area (Å²) in [6, 6.07) is 18.2. The number of fused-ring (bicyclic) bond motifs is 2. The molecule has 172 valence electrons. The van der Waals surface area contributed by atoms with Gasteiger partial charge in [0.1, 0.15) is 19.0 Å². The number of nitrogens with one attached hydrogen (secondary N) is 2. The van der Waals surface area contributed by atoms with Crippen LogP contribution in [0.2, 0.25) is 0 Å². The Bertz CT molecular complexity index is 1380. The number of amides is 1. The molecule has 8 nitrogen and oxygen atoms in total. The number of imidazole rings is 1. The van der Waals surface area contributed by atoms with Crippen molar-refractivity contribution in [2.24, 2.45) is 0 Å². The fraction of sp³-hybridized carbons (Fsp3) is 0.192. The summed E-state index contributed by atoms with van der Waals surface area (Å²) in [4.78, 5) is 33.1. The maximum Gasteiger partial charge on any atom is 0.338 e. The number of H-pyrrole nitrogens is 1. The van der Waals surface area contributed by atoms with Gasteiger partial charge in [-0.2, -0.15) is 0 Å². The van der Waals surface area contributed by atoms with Crippen molar-refractivity contribution in [3.05, 3.63) is 71.8 Å². The monoisotopic (exact) mass is 457 g/mol. The van der Waals surface area contributed by atoms with Crippen LogP contribution in [0.25, 0.3) is 22.4 Å². The van der Waals surface area contributed by atoms with Gasteiger partial charge in [0.25, 0.3) is 5.91 Å².